The largest absolute Gasteiger partial charge is 0.385 e. The molecule has 0 fully saturated rings. The van der Waals surface area contributed by atoms with Gasteiger partial charge in [-0.05, 0) is 43.6 Å². The highest BCUT2D eigenvalue weighted by atomic mass is 15.0. The smallest absolute Gasteiger partial charge is 0.0955 e. The summed E-state index contributed by atoms with van der Waals surface area (Å²) in [4.78, 5) is 4.39. The van der Waals surface area contributed by atoms with Gasteiger partial charge in [-0.1, -0.05) is 13.8 Å². The van der Waals surface area contributed by atoms with Crippen LogP contribution < -0.4 is 10.6 Å². The van der Waals surface area contributed by atoms with E-state index in [-0.39, 0.29) is 0 Å². The third-order valence-corrected chi connectivity index (χ3v) is 3.70. The van der Waals surface area contributed by atoms with Gasteiger partial charge in [-0.2, -0.15) is 0 Å². The zero-order valence-corrected chi connectivity index (χ0v) is 12.3. The van der Waals surface area contributed by atoms with E-state index >= 15 is 0 Å². The van der Waals surface area contributed by atoms with Gasteiger partial charge in [0.25, 0.3) is 0 Å². The molecule has 1 heterocycles. The molecule has 0 radical (unpaired) electrons. The molecule has 1 unspecified atom stereocenters. The molecule has 2 N–H and O–H groups in total. The van der Waals surface area contributed by atoms with Gasteiger partial charge in [0.15, 0.2) is 0 Å². The molecule has 0 saturated heterocycles. The first kappa shape index (κ1) is 13.9. The van der Waals surface area contributed by atoms with Gasteiger partial charge in [0, 0.05) is 19.3 Å². The lowest BCUT2D eigenvalue weighted by Gasteiger charge is -2.21. The summed E-state index contributed by atoms with van der Waals surface area (Å²) < 4.78 is 2.04. The second-order valence-corrected chi connectivity index (χ2v) is 5.50. The molecule has 1 aromatic heterocycles. The number of nitrogens with one attached hydrogen (secondary N) is 2. The van der Waals surface area contributed by atoms with E-state index < -0.39 is 0 Å². The minimum Gasteiger partial charge on any atom is -0.385 e. The SMILES string of the molecule is CNCC(CNc1ccc2c(c1)ncn2C)C(C)C. The van der Waals surface area contributed by atoms with E-state index in [1.807, 2.05) is 25.0 Å². The van der Waals surface area contributed by atoms with Gasteiger partial charge in [0.1, 0.15) is 0 Å². The Balaban J connectivity index is 2.04. The van der Waals surface area contributed by atoms with Crippen molar-refractivity contribution in [2.24, 2.45) is 18.9 Å². The van der Waals surface area contributed by atoms with E-state index in [1.54, 1.807) is 0 Å². The van der Waals surface area contributed by atoms with Crippen molar-refractivity contribution in [2.75, 3.05) is 25.5 Å². The van der Waals surface area contributed by atoms with Crippen molar-refractivity contribution in [3.05, 3.63) is 24.5 Å². The van der Waals surface area contributed by atoms with E-state index in [0.717, 1.165) is 24.3 Å². The van der Waals surface area contributed by atoms with Crippen LogP contribution in [0, 0.1) is 11.8 Å². The van der Waals surface area contributed by atoms with Crippen molar-refractivity contribution in [3.8, 4) is 0 Å². The van der Waals surface area contributed by atoms with Crippen LogP contribution in [0.15, 0.2) is 24.5 Å². The summed E-state index contributed by atoms with van der Waals surface area (Å²) in [7, 11) is 4.03. The second kappa shape index (κ2) is 6.06. The Hall–Kier alpha value is -1.55. The summed E-state index contributed by atoms with van der Waals surface area (Å²) in [5.74, 6) is 1.29. The minimum atomic E-state index is 0.629. The standard InChI is InChI=1S/C15H24N4/c1-11(2)12(8-16-3)9-17-13-5-6-15-14(7-13)18-10-19(15)4/h5-7,10-12,16-17H,8-9H2,1-4H3. The number of hydrogen-bond donors (Lipinski definition) is 2. The molecule has 2 aromatic rings. The molecule has 0 aliphatic rings. The Morgan fingerprint density at radius 1 is 1.26 bits per heavy atom. The molecule has 19 heavy (non-hydrogen) atoms. The molecule has 104 valence electrons. The fraction of sp³-hybridized carbons (Fsp3) is 0.533. The van der Waals surface area contributed by atoms with Crippen molar-refractivity contribution < 1.29 is 0 Å². The Morgan fingerprint density at radius 2 is 2.05 bits per heavy atom. The van der Waals surface area contributed by atoms with Crippen LogP contribution in [0.5, 0.6) is 0 Å². The first-order chi connectivity index (χ1) is 9.11. The maximum Gasteiger partial charge on any atom is 0.0955 e. The topological polar surface area (TPSA) is 41.9 Å². The lowest BCUT2D eigenvalue weighted by atomic mass is 9.95. The zero-order valence-electron chi connectivity index (χ0n) is 12.3. The van der Waals surface area contributed by atoms with Crippen LogP contribution in [-0.2, 0) is 7.05 Å². The lowest BCUT2D eigenvalue weighted by Crippen LogP contribution is -2.29. The molecule has 1 aromatic carbocycles. The average Bonchev–Trinajstić information content (AvgIpc) is 2.75. The highest BCUT2D eigenvalue weighted by molar-refractivity contribution is 5.79. The number of imidazole rings is 1. The van der Waals surface area contributed by atoms with Gasteiger partial charge in [-0.25, -0.2) is 4.98 Å². The summed E-state index contributed by atoms with van der Waals surface area (Å²) in [5, 5.41) is 6.79. The van der Waals surface area contributed by atoms with Crippen LogP contribution >= 0.6 is 0 Å². The van der Waals surface area contributed by atoms with Crippen molar-refractivity contribution in [1.29, 1.82) is 0 Å². The van der Waals surface area contributed by atoms with E-state index in [9.17, 15) is 0 Å². The van der Waals surface area contributed by atoms with Crippen LogP contribution in [0.3, 0.4) is 0 Å². The predicted molar refractivity (Wildman–Crippen MR) is 81.5 cm³/mol. The molecular formula is C15H24N4. The maximum absolute atomic E-state index is 4.39. The first-order valence-electron chi connectivity index (χ1n) is 6.91. The summed E-state index contributed by atoms with van der Waals surface area (Å²) in [6.07, 6.45) is 1.85. The fourth-order valence-electron chi connectivity index (χ4n) is 2.30. The molecule has 0 bridgehead atoms. The van der Waals surface area contributed by atoms with Gasteiger partial charge in [-0.3, -0.25) is 0 Å². The zero-order chi connectivity index (χ0) is 13.8. The molecule has 0 spiro atoms. The number of nitrogens with zero attached hydrogens (tertiary/aromatic N) is 2. The quantitative estimate of drug-likeness (QED) is 0.838. The molecule has 0 amide bonds. The molecule has 4 nitrogen and oxygen atoms in total. The summed E-state index contributed by atoms with van der Waals surface area (Å²) in [5.41, 5.74) is 3.36. The summed E-state index contributed by atoms with van der Waals surface area (Å²) >= 11 is 0. The van der Waals surface area contributed by atoms with Crippen molar-refractivity contribution in [1.82, 2.24) is 14.9 Å². The summed E-state index contributed by atoms with van der Waals surface area (Å²) in [6.45, 7) is 6.56. The molecule has 0 aliphatic carbocycles. The van der Waals surface area contributed by atoms with Crippen LogP contribution in [-0.4, -0.2) is 29.7 Å². The second-order valence-electron chi connectivity index (χ2n) is 5.50. The highest BCUT2D eigenvalue weighted by Crippen LogP contribution is 2.18. The normalized spacial score (nSPS) is 13.1. The van der Waals surface area contributed by atoms with Gasteiger partial charge in [0.2, 0.25) is 0 Å². The molecule has 4 heteroatoms. The van der Waals surface area contributed by atoms with Crippen LogP contribution in [0.1, 0.15) is 13.8 Å². The van der Waals surface area contributed by atoms with E-state index in [1.165, 1.54) is 5.52 Å². The Bertz CT molecular complexity index is 530. The van der Waals surface area contributed by atoms with Gasteiger partial charge >= 0.3 is 0 Å². The Labute approximate surface area is 115 Å². The fourth-order valence-corrected chi connectivity index (χ4v) is 2.30. The first-order valence-corrected chi connectivity index (χ1v) is 6.91. The van der Waals surface area contributed by atoms with Crippen molar-refractivity contribution in [2.45, 2.75) is 13.8 Å². The Kier molecular flexibility index (Phi) is 4.43. The number of aryl methyl sites for hydroxylation is 1. The molecule has 0 saturated carbocycles. The summed E-state index contributed by atoms with van der Waals surface area (Å²) in [6, 6.07) is 6.36. The molecular weight excluding hydrogens is 236 g/mol. The third-order valence-electron chi connectivity index (χ3n) is 3.70. The monoisotopic (exact) mass is 260 g/mol. The molecule has 2 rings (SSSR count). The van der Waals surface area contributed by atoms with Gasteiger partial charge < -0.3 is 15.2 Å². The van der Waals surface area contributed by atoms with Crippen LogP contribution in [0.2, 0.25) is 0 Å². The highest BCUT2D eigenvalue weighted by Gasteiger charge is 2.12. The minimum absolute atomic E-state index is 0.629. The Morgan fingerprint density at radius 3 is 2.74 bits per heavy atom. The number of anilines is 1. The molecule has 1 atom stereocenters. The third kappa shape index (κ3) is 3.26. The average molecular weight is 260 g/mol. The maximum atomic E-state index is 4.39. The van der Waals surface area contributed by atoms with Crippen LogP contribution in [0.4, 0.5) is 5.69 Å². The van der Waals surface area contributed by atoms with E-state index in [2.05, 4.69) is 47.7 Å². The predicted octanol–water partition coefficient (Wildman–Crippen LogP) is 2.48. The molecule has 0 aliphatic heterocycles. The number of aromatic nitrogens is 2. The number of hydrogen-bond acceptors (Lipinski definition) is 3. The van der Waals surface area contributed by atoms with Gasteiger partial charge in [-0.15, -0.1) is 0 Å². The van der Waals surface area contributed by atoms with Crippen LogP contribution in [0.25, 0.3) is 11.0 Å². The van der Waals surface area contributed by atoms with E-state index in [0.29, 0.717) is 11.8 Å². The number of benzene rings is 1. The van der Waals surface area contributed by atoms with E-state index in [4.69, 9.17) is 0 Å². The lowest BCUT2D eigenvalue weighted by molar-refractivity contribution is 0.390. The number of rotatable bonds is 6. The van der Waals surface area contributed by atoms with Crippen molar-refractivity contribution >= 4 is 16.7 Å². The van der Waals surface area contributed by atoms with Crippen molar-refractivity contribution in [3.63, 3.8) is 0 Å². The number of fused-ring (bicyclic) bond motifs is 1. The van der Waals surface area contributed by atoms with Gasteiger partial charge in [0.05, 0.1) is 17.4 Å².